The number of sulfone groups is 1. The van der Waals surface area contributed by atoms with Gasteiger partial charge in [-0.05, 0) is 44.0 Å². The molecule has 0 N–H and O–H groups in total. The van der Waals surface area contributed by atoms with E-state index in [0.717, 1.165) is 22.9 Å². The van der Waals surface area contributed by atoms with Gasteiger partial charge >= 0.3 is 0 Å². The number of rotatable bonds is 1. The lowest BCUT2D eigenvalue weighted by molar-refractivity contribution is 0.597. The zero-order chi connectivity index (χ0) is 12.8. The van der Waals surface area contributed by atoms with Crippen LogP contribution in [0.5, 0.6) is 0 Å². The van der Waals surface area contributed by atoms with Crippen molar-refractivity contribution in [2.75, 3.05) is 6.26 Å². The molecule has 0 fully saturated rings. The molecule has 4 nitrogen and oxygen atoms in total. The Kier molecular flexibility index (Phi) is 2.66. The summed E-state index contributed by atoms with van der Waals surface area (Å²) < 4.78 is 23.1. The molecule has 0 aliphatic heterocycles. The third-order valence-corrected chi connectivity index (χ3v) is 3.85. The summed E-state index contributed by atoms with van der Waals surface area (Å²) in [5, 5.41) is 0.0632. The van der Waals surface area contributed by atoms with E-state index in [1.807, 2.05) is 26.0 Å². The van der Waals surface area contributed by atoms with Crippen molar-refractivity contribution in [2.45, 2.75) is 25.8 Å². The molecule has 1 heterocycles. The van der Waals surface area contributed by atoms with Crippen LogP contribution >= 0.6 is 0 Å². The van der Waals surface area contributed by atoms with Gasteiger partial charge in [0.25, 0.3) is 0 Å². The molecule has 90 valence electrons. The minimum absolute atomic E-state index is 0.0632. The Morgan fingerprint density at radius 2 is 1.41 bits per heavy atom. The predicted molar refractivity (Wildman–Crippen MR) is 66.9 cm³/mol. The predicted octanol–water partition coefficient (Wildman–Crippen LogP) is 1.96. The third kappa shape index (κ3) is 2.15. The Balaban J connectivity index is 2.86. The van der Waals surface area contributed by atoms with Crippen LogP contribution in [-0.2, 0) is 9.84 Å². The van der Waals surface area contributed by atoms with Gasteiger partial charge in [0.15, 0.2) is 14.9 Å². The van der Waals surface area contributed by atoms with Crippen LogP contribution in [0.15, 0.2) is 17.2 Å². The molecular formula is C12H14N2O2S. The van der Waals surface area contributed by atoms with Crippen molar-refractivity contribution in [3.63, 3.8) is 0 Å². The van der Waals surface area contributed by atoms with E-state index >= 15 is 0 Å². The van der Waals surface area contributed by atoms with Crippen LogP contribution in [0.4, 0.5) is 0 Å². The van der Waals surface area contributed by atoms with Gasteiger partial charge < -0.3 is 0 Å². The van der Waals surface area contributed by atoms with Gasteiger partial charge in [-0.25, -0.2) is 18.4 Å². The maximum absolute atomic E-state index is 11.5. The molecule has 0 saturated heterocycles. The second-order valence-electron chi connectivity index (χ2n) is 4.31. The zero-order valence-corrected chi connectivity index (χ0v) is 11.1. The van der Waals surface area contributed by atoms with E-state index in [9.17, 15) is 8.42 Å². The van der Waals surface area contributed by atoms with Gasteiger partial charge in [0.1, 0.15) is 0 Å². The maximum Gasteiger partial charge on any atom is 0.194 e. The minimum atomic E-state index is -3.32. The molecule has 0 unspecified atom stereocenters. The lowest BCUT2D eigenvalue weighted by Gasteiger charge is -2.07. The highest BCUT2D eigenvalue weighted by molar-refractivity contribution is 7.90. The summed E-state index contributed by atoms with van der Waals surface area (Å²) in [6.07, 6.45) is 1.15. The highest BCUT2D eigenvalue weighted by atomic mass is 32.2. The van der Waals surface area contributed by atoms with E-state index in [1.54, 1.807) is 6.92 Å². The van der Waals surface area contributed by atoms with Crippen LogP contribution in [0.1, 0.15) is 16.8 Å². The van der Waals surface area contributed by atoms with Crippen LogP contribution in [0.3, 0.4) is 0 Å². The van der Waals surface area contributed by atoms with Crippen molar-refractivity contribution in [3.8, 4) is 0 Å². The number of fused-ring (bicyclic) bond motifs is 1. The maximum atomic E-state index is 11.5. The number of aryl methyl sites for hydroxylation is 3. The molecule has 0 bridgehead atoms. The first-order chi connectivity index (χ1) is 7.79. The average Bonchev–Trinajstić information content (AvgIpc) is 2.18. The highest BCUT2D eigenvalue weighted by Gasteiger charge is 2.15. The van der Waals surface area contributed by atoms with Crippen molar-refractivity contribution >= 4 is 20.9 Å². The van der Waals surface area contributed by atoms with Crippen LogP contribution in [0.2, 0.25) is 0 Å². The Hall–Kier alpha value is -1.49. The fraction of sp³-hybridized carbons (Fsp3) is 0.333. The van der Waals surface area contributed by atoms with Crippen LogP contribution < -0.4 is 0 Å². The summed E-state index contributed by atoms with van der Waals surface area (Å²) in [7, 11) is -3.32. The Bertz CT molecular complexity index is 706. The largest absolute Gasteiger partial charge is 0.248 e. The third-order valence-electron chi connectivity index (χ3n) is 2.76. The topological polar surface area (TPSA) is 59.9 Å². The molecule has 0 amide bonds. The molecule has 0 aliphatic rings. The Morgan fingerprint density at radius 3 is 1.88 bits per heavy atom. The monoisotopic (exact) mass is 250 g/mol. The first-order valence-electron chi connectivity index (χ1n) is 5.24. The van der Waals surface area contributed by atoms with Gasteiger partial charge in [0, 0.05) is 6.26 Å². The Labute approximate surface area is 101 Å². The quantitative estimate of drug-likeness (QED) is 0.776. The average molecular weight is 250 g/mol. The van der Waals surface area contributed by atoms with Crippen molar-refractivity contribution < 1.29 is 8.42 Å². The minimum Gasteiger partial charge on any atom is -0.248 e. The van der Waals surface area contributed by atoms with Gasteiger partial charge in [-0.2, -0.15) is 0 Å². The molecule has 5 heteroatoms. The molecule has 2 rings (SSSR count). The first kappa shape index (κ1) is 12.0. The van der Waals surface area contributed by atoms with E-state index in [4.69, 9.17) is 0 Å². The van der Waals surface area contributed by atoms with Gasteiger partial charge in [-0.1, -0.05) is 0 Å². The lowest BCUT2D eigenvalue weighted by atomic mass is 10.1. The molecule has 0 aliphatic carbocycles. The number of benzene rings is 1. The van der Waals surface area contributed by atoms with E-state index in [0.29, 0.717) is 11.2 Å². The number of hydrogen-bond acceptors (Lipinski definition) is 4. The van der Waals surface area contributed by atoms with Crippen molar-refractivity contribution in [3.05, 3.63) is 29.0 Å². The molecule has 0 atom stereocenters. The molecule has 2 aromatic rings. The molecule has 1 aromatic heterocycles. The number of nitrogens with zero attached hydrogens (tertiary/aromatic N) is 2. The van der Waals surface area contributed by atoms with Crippen molar-refractivity contribution in [1.82, 2.24) is 9.97 Å². The highest BCUT2D eigenvalue weighted by Crippen LogP contribution is 2.19. The van der Waals surface area contributed by atoms with E-state index in [1.165, 1.54) is 0 Å². The summed E-state index contributed by atoms with van der Waals surface area (Å²) in [6, 6.07) is 3.79. The van der Waals surface area contributed by atoms with Crippen LogP contribution in [0, 0.1) is 20.8 Å². The smallest absolute Gasteiger partial charge is 0.194 e. The fourth-order valence-electron chi connectivity index (χ4n) is 1.73. The van der Waals surface area contributed by atoms with Gasteiger partial charge in [-0.3, -0.25) is 0 Å². The SMILES string of the molecule is Cc1cc2nc(C)c(S(C)(=O)=O)nc2cc1C. The van der Waals surface area contributed by atoms with E-state index in [2.05, 4.69) is 9.97 Å². The van der Waals surface area contributed by atoms with Gasteiger partial charge in [0.05, 0.1) is 16.7 Å². The van der Waals surface area contributed by atoms with E-state index in [-0.39, 0.29) is 5.03 Å². The summed E-state index contributed by atoms with van der Waals surface area (Å²) in [5.41, 5.74) is 4.01. The van der Waals surface area contributed by atoms with Gasteiger partial charge in [-0.15, -0.1) is 0 Å². The molecular weight excluding hydrogens is 236 g/mol. The zero-order valence-electron chi connectivity index (χ0n) is 10.3. The second kappa shape index (κ2) is 3.77. The molecule has 0 radical (unpaired) electrons. The number of hydrogen-bond donors (Lipinski definition) is 0. The summed E-state index contributed by atoms with van der Waals surface area (Å²) in [5.74, 6) is 0. The summed E-state index contributed by atoms with van der Waals surface area (Å²) in [6.45, 7) is 5.63. The van der Waals surface area contributed by atoms with Crippen molar-refractivity contribution in [2.24, 2.45) is 0 Å². The lowest BCUT2D eigenvalue weighted by Crippen LogP contribution is -2.06. The fourth-order valence-corrected chi connectivity index (χ4v) is 2.58. The summed E-state index contributed by atoms with van der Waals surface area (Å²) >= 11 is 0. The van der Waals surface area contributed by atoms with Crippen molar-refractivity contribution in [1.29, 1.82) is 0 Å². The van der Waals surface area contributed by atoms with Gasteiger partial charge in [0.2, 0.25) is 0 Å². The normalized spacial score (nSPS) is 12.0. The second-order valence-corrected chi connectivity index (χ2v) is 6.24. The standard InChI is InChI=1S/C12H14N2O2S/c1-7-5-10-11(6-8(7)2)14-12(9(3)13-10)17(4,15)16/h5-6H,1-4H3. The molecule has 17 heavy (non-hydrogen) atoms. The first-order valence-corrected chi connectivity index (χ1v) is 7.14. The Morgan fingerprint density at radius 1 is 0.941 bits per heavy atom. The molecule has 1 aromatic carbocycles. The summed E-state index contributed by atoms with van der Waals surface area (Å²) in [4.78, 5) is 8.50. The van der Waals surface area contributed by atoms with Crippen LogP contribution in [-0.4, -0.2) is 24.6 Å². The molecule has 0 spiro atoms. The van der Waals surface area contributed by atoms with Crippen LogP contribution in [0.25, 0.3) is 11.0 Å². The number of aromatic nitrogens is 2. The molecule has 0 saturated carbocycles. The van der Waals surface area contributed by atoms with E-state index < -0.39 is 9.84 Å².